The van der Waals surface area contributed by atoms with E-state index in [-0.39, 0.29) is 24.5 Å². The number of nitrogens with two attached hydrogens (primary N) is 2. The van der Waals surface area contributed by atoms with Gasteiger partial charge in [-0.2, -0.15) is 0 Å². The first kappa shape index (κ1) is 15.1. The van der Waals surface area contributed by atoms with E-state index in [0.717, 1.165) is 16.5 Å². The number of halogens is 1. The first-order valence-corrected chi connectivity index (χ1v) is 6.75. The van der Waals surface area contributed by atoms with Crippen LogP contribution < -0.4 is 11.5 Å². The first-order valence-electron chi connectivity index (χ1n) is 5.96. The number of amides is 1. The molecule has 5 heteroatoms. The van der Waals surface area contributed by atoms with Crippen molar-refractivity contribution in [2.24, 2.45) is 11.5 Å². The van der Waals surface area contributed by atoms with Crippen LogP contribution in [-0.2, 0) is 4.79 Å². The SMILES string of the molecule is CCC(N)C(c1ccccc1Br)N(C)CC(N)=O. The van der Waals surface area contributed by atoms with Gasteiger partial charge in [-0.15, -0.1) is 0 Å². The maximum atomic E-state index is 11.1. The Bertz CT molecular complexity index is 411. The van der Waals surface area contributed by atoms with E-state index in [0.29, 0.717) is 0 Å². The Morgan fingerprint density at radius 1 is 1.44 bits per heavy atom. The molecule has 0 bridgehead atoms. The highest BCUT2D eigenvalue weighted by molar-refractivity contribution is 9.10. The summed E-state index contributed by atoms with van der Waals surface area (Å²) < 4.78 is 0.996. The van der Waals surface area contributed by atoms with Crippen LogP contribution in [0.5, 0.6) is 0 Å². The number of hydrogen-bond acceptors (Lipinski definition) is 3. The highest BCUT2D eigenvalue weighted by Gasteiger charge is 2.25. The molecule has 0 saturated carbocycles. The van der Waals surface area contributed by atoms with E-state index in [1.165, 1.54) is 0 Å². The molecule has 1 rings (SSSR count). The van der Waals surface area contributed by atoms with Gasteiger partial charge < -0.3 is 11.5 Å². The van der Waals surface area contributed by atoms with E-state index in [1.807, 2.05) is 43.1 Å². The molecule has 0 radical (unpaired) electrons. The lowest BCUT2D eigenvalue weighted by Gasteiger charge is -2.32. The minimum Gasteiger partial charge on any atom is -0.369 e. The molecule has 0 aliphatic rings. The monoisotopic (exact) mass is 313 g/mol. The zero-order valence-electron chi connectivity index (χ0n) is 10.8. The van der Waals surface area contributed by atoms with Crippen LogP contribution in [0.4, 0.5) is 0 Å². The largest absolute Gasteiger partial charge is 0.369 e. The molecule has 0 aliphatic heterocycles. The van der Waals surface area contributed by atoms with Gasteiger partial charge in [-0.3, -0.25) is 9.69 Å². The summed E-state index contributed by atoms with van der Waals surface area (Å²) in [5.41, 5.74) is 12.5. The van der Waals surface area contributed by atoms with E-state index in [2.05, 4.69) is 15.9 Å². The Balaban J connectivity index is 3.05. The molecule has 18 heavy (non-hydrogen) atoms. The number of hydrogen-bond donors (Lipinski definition) is 2. The second-order valence-electron chi connectivity index (χ2n) is 4.42. The van der Waals surface area contributed by atoms with Crippen molar-refractivity contribution in [2.45, 2.75) is 25.4 Å². The standard InChI is InChI=1S/C13H20BrN3O/c1-3-11(15)13(17(2)8-12(16)18)9-6-4-5-7-10(9)14/h4-7,11,13H,3,8,15H2,1-2H3,(H2,16,18). The molecule has 0 aliphatic carbocycles. The second kappa shape index (κ2) is 6.87. The summed E-state index contributed by atoms with van der Waals surface area (Å²) in [6, 6.07) is 7.83. The summed E-state index contributed by atoms with van der Waals surface area (Å²) in [4.78, 5) is 13.0. The maximum absolute atomic E-state index is 11.1. The molecule has 4 N–H and O–H groups in total. The van der Waals surface area contributed by atoms with Crippen LogP contribution >= 0.6 is 15.9 Å². The third-order valence-electron chi connectivity index (χ3n) is 2.98. The van der Waals surface area contributed by atoms with Gasteiger partial charge in [-0.1, -0.05) is 41.1 Å². The molecule has 2 unspecified atom stereocenters. The smallest absolute Gasteiger partial charge is 0.231 e. The van der Waals surface area contributed by atoms with E-state index in [1.54, 1.807) is 0 Å². The van der Waals surface area contributed by atoms with Crippen molar-refractivity contribution in [3.05, 3.63) is 34.3 Å². The zero-order valence-corrected chi connectivity index (χ0v) is 12.4. The number of likely N-dealkylation sites (N-methyl/N-ethyl adjacent to an activating group) is 1. The number of carbonyl (C=O) groups is 1. The Kier molecular flexibility index (Phi) is 5.78. The molecule has 0 saturated heterocycles. The highest BCUT2D eigenvalue weighted by atomic mass is 79.9. The third-order valence-corrected chi connectivity index (χ3v) is 3.70. The van der Waals surface area contributed by atoms with Crippen molar-refractivity contribution in [3.63, 3.8) is 0 Å². The fraction of sp³-hybridized carbons (Fsp3) is 0.462. The van der Waals surface area contributed by atoms with Crippen molar-refractivity contribution in [3.8, 4) is 0 Å². The fourth-order valence-electron chi connectivity index (χ4n) is 2.08. The lowest BCUT2D eigenvalue weighted by Crippen LogP contribution is -2.42. The van der Waals surface area contributed by atoms with E-state index in [9.17, 15) is 4.79 Å². The average molecular weight is 314 g/mol. The number of rotatable bonds is 6. The van der Waals surface area contributed by atoms with Crippen molar-refractivity contribution in [1.82, 2.24) is 4.90 Å². The van der Waals surface area contributed by atoms with Crippen molar-refractivity contribution >= 4 is 21.8 Å². The molecule has 2 atom stereocenters. The number of carbonyl (C=O) groups excluding carboxylic acids is 1. The quantitative estimate of drug-likeness (QED) is 0.838. The zero-order chi connectivity index (χ0) is 13.7. The van der Waals surface area contributed by atoms with E-state index >= 15 is 0 Å². The first-order chi connectivity index (χ1) is 8.47. The fourth-order valence-corrected chi connectivity index (χ4v) is 2.60. The summed E-state index contributed by atoms with van der Waals surface area (Å²) in [6.07, 6.45) is 0.828. The number of benzene rings is 1. The summed E-state index contributed by atoms with van der Waals surface area (Å²) in [6.45, 7) is 2.23. The minimum atomic E-state index is -0.349. The lowest BCUT2D eigenvalue weighted by molar-refractivity contribution is -0.119. The van der Waals surface area contributed by atoms with E-state index < -0.39 is 0 Å². The predicted molar refractivity (Wildman–Crippen MR) is 77.0 cm³/mol. The molecule has 100 valence electrons. The van der Waals surface area contributed by atoms with Gasteiger partial charge in [0.05, 0.1) is 12.6 Å². The topological polar surface area (TPSA) is 72.3 Å². The Hall–Kier alpha value is -0.910. The van der Waals surface area contributed by atoms with E-state index in [4.69, 9.17) is 11.5 Å². The maximum Gasteiger partial charge on any atom is 0.231 e. The average Bonchev–Trinajstić information content (AvgIpc) is 2.30. The Morgan fingerprint density at radius 2 is 2.06 bits per heavy atom. The second-order valence-corrected chi connectivity index (χ2v) is 5.27. The van der Waals surface area contributed by atoms with Crippen LogP contribution in [0.15, 0.2) is 28.7 Å². The Morgan fingerprint density at radius 3 is 2.56 bits per heavy atom. The molecule has 0 spiro atoms. The van der Waals surface area contributed by atoms with Gasteiger partial charge in [0.15, 0.2) is 0 Å². The van der Waals surface area contributed by atoms with Gasteiger partial charge in [-0.05, 0) is 25.1 Å². The van der Waals surface area contributed by atoms with Gasteiger partial charge in [0.2, 0.25) is 5.91 Å². The van der Waals surface area contributed by atoms with Gasteiger partial charge in [0, 0.05) is 10.5 Å². The van der Waals surface area contributed by atoms with Crippen LogP contribution in [0.1, 0.15) is 24.9 Å². The molecule has 1 aromatic carbocycles. The number of primary amides is 1. The molecule has 4 nitrogen and oxygen atoms in total. The van der Waals surface area contributed by atoms with Crippen LogP contribution in [0.25, 0.3) is 0 Å². The minimum absolute atomic E-state index is 0.0296. The molecule has 0 fully saturated rings. The van der Waals surface area contributed by atoms with Gasteiger partial charge in [0.25, 0.3) is 0 Å². The van der Waals surface area contributed by atoms with Gasteiger partial charge in [-0.25, -0.2) is 0 Å². The van der Waals surface area contributed by atoms with Crippen molar-refractivity contribution in [1.29, 1.82) is 0 Å². The van der Waals surface area contributed by atoms with Crippen LogP contribution in [0.3, 0.4) is 0 Å². The van der Waals surface area contributed by atoms with Crippen LogP contribution in [-0.4, -0.2) is 30.4 Å². The molecular weight excluding hydrogens is 294 g/mol. The normalized spacial score (nSPS) is 14.5. The summed E-state index contributed by atoms with van der Waals surface area (Å²) >= 11 is 3.53. The highest BCUT2D eigenvalue weighted by Crippen LogP contribution is 2.29. The third kappa shape index (κ3) is 3.80. The van der Waals surface area contributed by atoms with Crippen LogP contribution in [0.2, 0.25) is 0 Å². The molecule has 1 amide bonds. The summed E-state index contributed by atoms with van der Waals surface area (Å²) in [5, 5.41) is 0. The number of nitrogens with zero attached hydrogens (tertiary/aromatic N) is 1. The van der Waals surface area contributed by atoms with Gasteiger partial charge >= 0.3 is 0 Å². The van der Waals surface area contributed by atoms with Gasteiger partial charge in [0.1, 0.15) is 0 Å². The summed E-state index contributed by atoms with van der Waals surface area (Å²) in [7, 11) is 1.87. The Labute approximate surface area is 116 Å². The summed E-state index contributed by atoms with van der Waals surface area (Å²) in [5.74, 6) is -0.349. The molecule has 1 aromatic rings. The molecule has 0 aromatic heterocycles. The molecule has 0 heterocycles. The van der Waals surface area contributed by atoms with Crippen LogP contribution in [0, 0.1) is 0 Å². The predicted octanol–water partition coefficient (Wildman–Crippen LogP) is 1.64. The molecular formula is C13H20BrN3O. The van der Waals surface area contributed by atoms with Crippen molar-refractivity contribution < 1.29 is 4.79 Å². The lowest BCUT2D eigenvalue weighted by atomic mass is 9.96. The van der Waals surface area contributed by atoms with Crippen molar-refractivity contribution in [2.75, 3.05) is 13.6 Å².